The Kier molecular flexibility index (Phi) is 5.52. The van der Waals surface area contributed by atoms with E-state index in [1.807, 2.05) is 24.3 Å². The molecule has 2 aromatic rings. The molecule has 0 aliphatic carbocycles. The Morgan fingerprint density at radius 2 is 2.24 bits per heavy atom. The number of aromatic nitrogens is 2. The molecule has 2 rings (SSSR count). The molecule has 1 N–H and O–H groups in total. The van der Waals surface area contributed by atoms with Crippen molar-refractivity contribution in [1.29, 1.82) is 0 Å². The van der Waals surface area contributed by atoms with Gasteiger partial charge in [-0.25, -0.2) is 0 Å². The molecule has 1 amide bonds. The number of nitrogens with zero attached hydrogens (tertiary/aromatic N) is 3. The first-order chi connectivity index (χ1) is 10.1. The van der Waals surface area contributed by atoms with Gasteiger partial charge in [0.15, 0.2) is 0 Å². The number of carbonyl (C=O) groups is 1. The van der Waals surface area contributed by atoms with Crippen LogP contribution in [-0.4, -0.2) is 34.6 Å². The summed E-state index contributed by atoms with van der Waals surface area (Å²) in [4.78, 5) is 13.9. The highest BCUT2D eigenvalue weighted by Gasteiger charge is 2.17. The van der Waals surface area contributed by atoms with Crippen LogP contribution in [0.4, 0.5) is 5.13 Å². The molecule has 0 saturated carbocycles. The molecular weight excluding hydrogens is 308 g/mol. The van der Waals surface area contributed by atoms with E-state index >= 15 is 0 Å². The number of anilines is 1. The number of benzene rings is 1. The zero-order valence-electron chi connectivity index (χ0n) is 12.0. The van der Waals surface area contributed by atoms with Crippen molar-refractivity contribution in [1.82, 2.24) is 15.1 Å². The summed E-state index contributed by atoms with van der Waals surface area (Å²) in [6.45, 7) is 3.37. The van der Waals surface area contributed by atoms with Gasteiger partial charge in [0.1, 0.15) is 0 Å². The minimum Gasteiger partial charge on any atom is -0.360 e. The van der Waals surface area contributed by atoms with Gasteiger partial charge in [0, 0.05) is 25.2 Å². The number of hydrogen-bond donors (Lipinski definition) is 1. The van der Waals surface area contributed by atoms with Gasteiger partial charge < -0.3 is 10.2 Å². The summed E-state index contributed by atoms with van der Waals surface area (Å²) in [6, 6.07) is 7.46. The van der Waals surface area contributed by atoms with Crippen LogP contribution < -0.4 is 5.32 Å². The van der Waals surface area contributed by atoms with Crippen LogP contribution >= 0.6 is 22.9 Å². The van der Waals surface area contributed by atoms with E-state index in [2.05, 4.69) is 22.4 Å². The molecule has 112 valence electrons. The fourth-order valence-electron chi connectivity index (χ4n) is 1.76. The van der Waals surface area contributed by atoms with Gasteiger partial charge in [-0.05, 0) is 24.1 Å². The zero-order chi connectivity index (χ0) is 15.2. The van der Waals surface area contributed by atoms with E-state index in [0.29, 0.717) is 21.7 Å². The SMILES string of the molecule is CCCNc1nnc(C(=O)N(C)Cc2cccc(Cl)c2)s1. The minimum atomic E-state index is -0.142. The van der Waals surface area contributed by atoms with Crippen molar-refractivity contribution in [2.24, 2.45) is 0 Å². The maximum absolute atomic E-state index is 12.3. The van der Waals surface area contributed by atoms with Crippen LogP contribution in [0, 0.1) is 0 Å². The fourth-order valence-corrected chi connectivity index (χ4v) is 2.73. The van der Waals surface area contributed by atoms with E-state index in [4.69, 9.17) is 11.6 Å². The van der Waals surface area contributed by atoms with Crippen LogP contribution in [0.2, 0.25) is 5.02 Å². The molecule has 0 radical (unpaired) electrons. The summed E-state index contributed by atoms with van der Waals surface area (Å²) in [5.41, 5.74) is 0.979. The highest BCUT2D eigenvalue weighted by atomic mass is 35.5. The number of carbonyl (C=O) groups excluding carboxylic acids is 1. The summed E-state index contributed by atoms with van der Waals surface area (Å²) in [7, 11) is 1.74. The van der Waals surface area contributed by atoms with Crippen LogP contribution in [0.25, 0.3) is 0 Å². The second-order valence-electron chi connectivity index (χ2n) is 4.63. The summed E-state index contributed by atoms with van der Waals surface area (Å²) in [5, 5.41) is 12.8. The van der Waals surface area contributed by atoms with Crippen molar-refractivity contribution in [2.45, 2.75) is 19.9 Å². The molecule has 0 bridgehead atoms. The lowest BCUT2D eigenvalue weighted by Crippen LogP contribution is -2.26. The van der Waals surface area contributed by atoms with Gasteiger partial charge in [-0.15, -0.1) is 10.2 Å². The summed E-state index contributed by atoms with van der Waals surface area (Å²) in [5.74, 6) is -0.142. The lowest BCUT2D eigenvalue weighted by atomic mass is 10.2. The molecule has 0 aliphatic heterocycles. The molecule has 5 nitrogen and oxygen atoms in total. The standard InChI is InChI=1S/C14H17ClN4OS/c1-3-7-16-14-18-17-12(21-14)13(20)19(2)9-10-5-4-6-11(15)8-10/h4-6,8H,3,7,9H2,1-2H3,(H,16,18). The average Bonchev–Trinajstić information content (AvgIpc) is 2.93. The van der Waals surface area contributed by atoms with Gasteiger partial charge in [0.2, 0.25) is 10.1 Å². The highest BCUT2D eigenvalue weighted by Crippen LogP contribution is 2.18. The van der Waals surface area contributed by atoms with Gasteiger partial charge in [-0.3, -0.25) is 4.79 Å². The summed E-state index contributed by atoms with van der Waals surface area (Å²) in [6.07, 6.45) is 0.998. The Hall–Kier alpha value is -1.66. The third-order valence-electron chi connectivity index (χ3n) is 2.79. The van der Waals surface area contributed by atoms with Crippen molar-refractivity contribution < 1.29 is 4.79 Å². The highest BCUT2D eigenvalue weighted by molar-refractivity contribution is 7.17. The van der Waals surface area contributed by atoms with E-state index in [9.17, 15) is 4.79 Å². The molecule has 7 heteroatoms. The topological polar surface area (TPSA) is 58.1 Å². The molecule has 0 fully saturated rings. The van der Waals surface area contributed by atoms with Crippen LogP contribution in [-0.2, 0) is 6.54 Å². The Labute approximate surface area is 133 Å². The Morgan fingerprint density at radius 1 is 1.43 bits per heavy atom. The number of amides is 1. The minimum absolute atomic E-state index is 0.142. The third-order valence-corrected chi connectivity index (χ3v) is 3.89. The Bertz CT molecular complexity index is 617. The normalized spacial score (nSPS) is 10.4. The van der Waals surface area contributed by atoms with Gasteiger partial charge in [0.25, 0.3) is 5.91 Å². The molecule has 0 saturated heterocycles. The zero-order valence-corrected chi connectivity index (χ0v) is 13.5. The monoisotopic (exact) mass is 324 g/mol. The lowest BCUT2D eigenvalue weighted by molar-refractivity contribution is 0.0784. The van der Waals surface area contributed by atoms with Crippen molar-refractivity contribution in [3.63, 3.8) is 0 Å². The van der Waals surface area contributed by atoms with Gasteiger partial charge >= 0.3 is 0 Å². The predicted molar refractivity (Wildman–Crippen MR) is 85.9 cm³/mol. The average molecular weight is 325 g/mol. The Balaban J connectivity index is 2.00. The molecule has 0 aliphatic rings. The largest absolute Gasteiger partial charge is 0.360 e. The van der Waals surface area contributed by atoms with Crippen LogP contribution in [0.3, 0.4) is 0 Å². The number of halogens is 1. The van der Waals surface area contributed by atoms with Crippen LogP contribution in [0.1, 0.15) is 28.7 Å². The first-order valence-corrected chi connectivity index (χ1v) is 7.87. The van der Waals surface area contributed by atoms with E-state index < -0.39 is 0 Å². The second kappa shape index (κ2) is 7.38. The van der Waals surface area contributed by atoms with Crippen LogP contribution in [0.5, 0.6) is 0 Å². The smallest absolute Gasteiger partial charge is 0.284 e. The molecule has 0 unspecified atom stereocenters. The fraction of sp³-hybridized carbons (Fsp3) is 0.357. The molecule has 0 atom stereocenters. The van der Waals surface area contributed by atoms with Crippen molar-refractivity contribution >= 4 is 34.0 Å². The molecule has 0 spiro atoms. The Morgan fingerprint density at radius 3 is 2.95 bits per heavy atom. The third kappa shape index (κ3) is 4.41. The van der Waals surface area contributed by atoms with E-state index in [-0.39, 0.29) is 5.91 Å². The van der Waals surface area contributed by atoms with Crippen LogP contribution in [0.15, 0.2) is 24.3 Å². The first kappa shape index (κ1) is 15.7. The van der Waals surface area contributed by atoms with Crippen molar-refractivity contribution in [3.05, 3.63) is 39.9 Å². The molecular formula is C14H17ClN4OS. The van der Waals surface area contributed by atoms with Gasteiger partial charge in [-0.2, -0.15) is 0 Å². The maximum Gasteiger partial charge on any atom is 0.284 e. The van der Waals surface area contributed by atoms with E-state index in [1.54, 1.807) is 11.9 Å². The summed E-state index contributed by atoms with van der Waals surface area (Å²) < 4.78 is 0. The molecule has 1 heterocycles. The lowest BCUT2D eigenvalue weighted by Gasteiger charge is -2.15. The van der Waals surface area contributed by atoms with Crippen molar-refractivity contribution in [3.8, 4) is 0 Å². The predicted octanol–water partition coefficient (Wildman–Crippen LogP) is 3.29. The van der Waals surface area contributed by atoms with E-state index in [1.165, 1.54) is 11.3 Å². The molecule has 1 aromatic carbocycles. The van der Waals surface area contributed by atoms with Crippen molar-refractivity contribution in [2.75, 3.05) is 18.9 Å². The molecule has 1 aromatic heterocycles. The number of rotatable bonds is 6. The first-order valence-electron chi connectivity index (χ1n) is 6.67. The number of hydrogen-bond acceptors (Lipinski definition) is 5. The summed E-state index contributed by atoms with van der Waals surface area (Å²) >= 11 is 7.22. The molecule has 21 heavy (non-hydrogen) atoms. The second-order valence-corrected chi connectivity index (χ2v) is 6.04. The van der Waals surface area contributed by atoms with E-state index in [0.717, 1.165) is 18.5 Å². The maximum atomic E-state index is 12.3. The number of nitrogens with one attached hydrogen (secondary N) is 1. The van der Waals surface area contributed by atoms with Gasteiger partial charge in [0.05, 0.1) is 0 Å². The quantitative estimate of drug-likeness (QED) is 0.886. The van der Waals surface area contributed by atoms with Gasteiger partial charge in [-0.1, -0.05) is 42.0 Å².